The van der Waals surface area contributed by atoms with Crippen molar-refractivity contribution in [1.82, 2.24) is 4.72 Å². The Balaban J connectivity index is 4.28. The van der Waals surface area contributed by atoms with E-state index in [1.54, 1.807) is 20.8 Å². The molecule has 0 saturated carbocycles. The van der Waals surface area contributed by atoms with Crippen LogP contribution < -0.4 is 4.72 Å². The highest BCUT2D eigenvalue weighted by Crippen LogP contribution is 2.10. The van der Waals surface area contributed by atoms with Crippen LogP contribution in [0, 0.1) is 5.92 Å². The van der Waals surface area contributed by atoms with Gasteiger partial charge in [0.15, 0.2) is 0 Å². The Bertz CT molecular complexity index is 377. The second-order valence-corrected chi connectivity index (χ2v) is 6.00. The number of ether oxygens (including phenoxy) is 1. The van der Waals surface area contributed by atoms with Crippen LogP contribution in [0.2, 0.25) is 0 Å². The van der Waals surface area contributed by atoms with Gasteiger partial charge in [0.05, 0.1) is 6.61 Å². The van der Waals surface area contributed by atoms with Gasteiger partial charge in [-0.2, -0.15) is 13.1 Å². The van der Waals surface area contributed by atoms with Crippen molar-refractivity contribution in [3.63, 3.8) is 0 Å². The molecule has 0 aliphatic heterocycles. The lowest BCUT2D eigenvalue weighted by Crippen LogP contribution is -2.37. The van der Waals surface area contributed by atoms with Crippen LogP contribution in [-0.4, -0.2) is 33.1 Å². The van der Waals surface area contributed by atoms with Crippen LogP contribution in [0.5, 0.6) is 0 Å². The zero-order valence-corrected chi connectivity index (χ0v) is 11.4. The minimum Gasteiger partial charge on any atom is -0.443 e. The summed E-state index contributed by atoms with van der Waals surface area (Å²) in [5, 5.41) is 0. The molecule has 0 heterocycles. The number of carbonyl (C=O) groups is 1. The fourth-order valence-electron chi connectivity index (χ4n) is 0.700. The normalized spacial score (nSPS) is 14.4. The second-order valence-electron chi connectivity index (χ2n) is 4.65. The fourth-order valence-corrected chi connectivity index (χ4v) is 1.40. The minimum atomic E-state index is -4.44. The molecule has 6 nitrogen and oxygen atoms in total. The number of halogens is 2. The summed E-state index contributed by atoms with van der Waals surface area (Å²) in [6.07, 6.45) is -3.94. The first-order valence-electron chi connectivity index (χ1n) is 5.11. The summed E-state index contributed by atoms with van der Waals surface area (Å²) in [5.74, 6) is -1.26. The number of hydrogen-bond acceptors (Lipinski definition) is 5. The maximum Gasteiger partial charge on any atom is 0.423 e. The van der Waals surface area contributed by atoms with Gasteiger partial charge < -0.3 is 4.74 Å². The Labute approximate surface area is 105 Å². The Morgan fingerprint density at radius 2 is 1.83 bits per heavy atom. The van der Waals surface area contributed by atoms with Gasteiger partial charge in [-0.1, -0.05) is 6.92 Å². The first-order valence-corrected chi connectivity index (χ1v) is 6.52. The minimum absolute atomic E-state index is 0.726. The van der Waals surface area contributed by atoms with Gasteiger partial charge in [-0.05, 0) is 20.8 Å². The molecular formula is C9H17F2NO5S. The average molecular weight is 289 g/mol. The molecule has 108 valence electrons. The molecule has 0 bridgehead atoms. The Morgan fingerprint density at radius 3 is 2.22 bits per heavy atom. The van der Waals surface area contributed by atoms with Crippen molar-refractivity contribution in [2.24, 2.45) is 5.92 Å². The molecule has 0 aliphatic rings. The molecule has 0 aromatic carbocycles. The molecule has 0 saturated heterocycles. The van der Waals surface area contributed by atoms with E-state index >= 15 is 0 Å². The number of amides is 1. The third-order valence-electron chi connectivity index (χ3n) is 1.52. The van der Waals surface area contributed by atoms with E-state index in [2.05, 4.69) is 8.92 Å². The highest BCUT2D eigenvalue weighted by molar-refractivity contribution is 7.85. The zero-order valence-electron chi connectivity index (χ0n) is 10.6. The largest absolute Gasteiger partial charge is 0.443 e. The molecule has 0 aliphatic carbocycles. The predicted octanol–water partition coefficient (Wildman–Crippen LogP) is 1.67. The lowest BCUT2D eigenvalue weighted by molar-refractivity contribution is 0.0531. The first kappa shape index (κ1) is 17.0. The standard InChI is InChI=1S/C9H17F2NO5S/c1-6(7(10)11)5-16-18(14,15)12-8(13)17-9(2,3)4/h6-7H,5H2,1-4H3,(H,12,13)/t6-/m1/s1. The average Bonchev–Trinajstić information content (AvgIpc) is 2.09. The fraction of sp³-hybridized carbons (Fsp3) is 0.889. The molecule has 0 fully saturated rings. The molecule has 18 heavy (non-hydrogen) atoms. The lowest BCUT2D eigenvalue weighted by Gasteiger charge is -2.19. The van der Waals surface area contributed by atoms with Crippen LogP contribution in [0.25, 0.3) is 0 Å². The molecule has 1 atom stereocenters. The molecule has 1 amide bonds. The second kappa shape index (κ2) is 6.28. The maximum absolute atomic E-state index is 12.1. The quantitative estimate of drug-likeness (QED) is 0.832. The van der Waals surface area contributed by atoms with Crippen molar-refractivity contribution in [3.05, 3.63) is 0 Å². The SMILES string of the molecule is C[C@H](COS(=O)(=O)NC(=O)OC(C)(C)C)C(F)F. The van der Waals surface area contributed by atoms with Gasteiger partial charge in [-0.3, -0.25) is 4.18 Å². The van der Waals surface area contributed by atoms with Crippen LogP contribution in [0.3, 0.4) is 0 Å². The van der Waals surface area contributed by atoms with Crippen molar-refractivity contribution in [3.8, 4) is 0 Å². The van der Waals surface area contributed by atoms with Gasteiger partial charge in [-0.15, -0.1) is 0 Å². The van der Waals surface area contributed by atoms with E-state index in [-0.39, 0.29) is 0 Å². The van der Waals surface area contributed by atoms with Gasteiger partial charge in [0, 0.05) is 5.92 Å². The van der Waals surface area contributed by atoms with Crippen molar-refractivity contribution in [2.75, 3.05) is 6.61 Å². The van der Waals surface area contributed by atoms with Gasteiger partial charge in [0.2, 0.25) is 6.43 Å². The number of nitrogens with one attached hydrogen (secondary N) is 1. The first-order chi connectivity index (χ1) is 7.93. The summed E-state index contributed by atoms with van der Waals surface area (Å²) < 4.78 is 56.9. The Kier molecular flexibility index (Phi) is 5.94. The number of carbonyl (C=O) groups excluding carboxylic acids is 1. The van der Waals surface area contributed by atoms with E-state index in [0.29, 0.717) is 0 Å². The number of rotatable bonds is 5. The summed E-state index contributed by atoms with van der Waals surface area (Å²) in [6.45, 7) is 5.01. The van der Waals surface area contributed by atoms with Crippen molar-refractivity contribution in [2.45, 2.75) is 39.7 Å². The van der Waals surface area contributed by atoms with Crippen LogP contribution in [0.15, 0.2) is 0 Å². The monoisotopic (exact) mass is 289 g/mol. The molecule has 0 unspecified atom stereocenters. The summed E-state index contributed by atoms with van der Waals surface area (Å²) in [7, 11) is -4.44. The van der Waals surface area contributed by atoms with E-state index in [1.807, 2.05) is 0 Å². The summed E-state index contributed by atoms with van der Waals surface area (Å²) >= 11 is 0. The van der Waals surface area contributed by atoms with Crippen LogP contribution in [0.4, 0.5) is 13.6 Å². The van der Waals surface area contributed by atoms with E-state index in [0.717, 1.165) is 6.92 Å². The van der Waals surface area contributed by atoms with Crippen LogP contribution in [0.1, 0.15) is 27.7 Å². The summed E-state index contributed by atoms with van der Waals surface area (Å²) in [6, 6.07) is 0. The maximum atomic E-state index is 12.1. The van der Waals surface area contributed by atoms with E-state index in [9.17, 15) is 22.0 Å². The van der Waals surface area contributed by atoms with E-state index in [4.69, 9.17) is 0 Å². The van der Waals surface area contributed by atoms with Gasteiger partial charge in [0.25, 0.3) is 0 Å². The Hall–Kier alpha value is -0.960. The smallest absolute Gasteiger partial charge is 0.423 e. The zero-order chi connectivity index (χ0) is 14.6. The third-order valence-corrected chi connectivity index (χ3v) is 2.39. The summed E-state index contributed by atoms with van der Waals surface area (Å²) in [4.78, 5) is 11.1. The van der Waals surface area contributed by atoms with E-state index < -0.39 is 40.9 Å². The Morgan fingerprint density at radius 1 is 1.33 bits per heavy atom. The topological polar surface area (TPSA) is 81.7 Å². The molecule has 0 spiro atoms. The van der Waals surface area contributed by atoms with Crippen molar-refractivity contribution >= 4 is 16.4 Å². The molecule has 0 aromatic heterocycles. The number of alkyl halides is 2. The molecule has 9 heteroatoms. The van der Waals surface area contributed by atoms with Gasteiger partial charge >= 0.3 is 16.4 Å². The van der Waals surface area contributed by atoms with Crippen LogP contribution >= 0.6 is 0 Å². The molecule has 0 radical (unpaired) electrons. The van der Waals surface area contributed by atoms with E-state index in [1.165, 1.54) is 4.72 Å². The molecule has 0 rings (SSSR count). The lowest BCUT2D eigenvalue weighted by atomic mass is 10.2. The van der Waals surface area contributed by atoms with Gasteiger partial charge in [0.1, 0.15) is 5.60 Å². The van der Waals surface area contributed by atoms with Crippen LogP contribution in [-0.2, 0) is 19.2 Å². The predicted molar refractivity (Wildman–Crippen MR) is 59.4 cm³/mol. The molecular weight excluding hydrogens is 272 g/mol. The van der Waals surface area contributed by atoms with Gasteiger partial charge in [-0.25, -0.2) is 13.6 Å². The molecule has 1 N–H and O–H groups in total. The number of hydrogen-bond donors (Lipinski definition) is 1. The molecule has 0 aromatic rings. The highest BCUT2D eigenvalue weighted by Gasteiger charge is 2.24. The summed E-state index contributed by atoms with van der Waals surface area (Å²) in [5.41, 5.74) is -0.879. The third kappa shape index (κ3) is 8.18. The van der Waals surface area contributed by atoms with Crippen molar-refractivity contribution < 1.29 is 30.9 Å². The van der Waals surface area contributed by atoms with Crippen molar-refractivity contribution in [1.29, 1.82) is 0 Å². The highest BCUT2D eigenvalue weighted by atomic mass is 32.2.